The summed E-state index contributed by atoms with van der Waals surface area (Å²) in [7, 11) is 0. The maximum atomic E-state index is 14.7. The molecule has 25 N–H and O–H groups in total. The van der Waals surface area contributed by atoms with Crippen molar-refractivity contribution in [3.8, 4) is 11.5 Å². The molecule has 10 atom stereocenters. The summed E-state index contributed by atoms with van der Waals surface area (Å²) in [6, 6.07) is 16.0. The van der Waals surface area contributed by atoms with Crippen LogP contribution in [-0.4, -0.2) is 204 Å². The number of nitrogens with zero attached hydrogens (tertiary/aromatic N) is 2. The van der Waals surface area contributed by atoms with E-state index in [-0.39, 0.29) is 101 Å². The number of phenolic OH excluding ortho intramolecular Hbond substituents is 2. The average molecular weight is 1470 g/mol. The SMILES string of the molecule is CSCC[C@H](NC(=O)[C@H](Cc1ccccc1)NC(=O)CNC(=O)[C@@H](C)NC(=O)[C@H](Cc1ccc(O)cc1)NC(=O)[C@H](CCCN=C(N)N)NC(=O)[C@H](CCCN=C(N)N)NC(=O)[C@H](CCSC)NC(=O)[C@H](Cc1ccccc1)NC(=O)CNC(=O)[C@@H](C)NC(=O)[C@@H](N)Cc1ccc(O)cc1)C(N)=O. The van der Waals surface area contributed by atoms with Gasteiger partial charge >= 0.3 is 0 Å². The van der Waals surface area contributed by atoms with Crippen LogP contribution in [0.2, 0.25) is 0 Å². The van der Waals surface area contributed by atoms with Crippen LogP contribution in [0.1, 0.15) is 74.6 Å². The maximum Gasteiger partial charge on any atom is 0.243 e. The van der Waals surface area contributed by atoms with Crippen LogP contribution in [-0.2, 0) is 83.2 Å². The number of nitrogens with one attached hydrogen (secondary N) is 11. The van der Waals surface area contributed by atoms with Gasteiger partial charge in [-0.1, -0.05) is 84.9 Å². The molecule has 0 aliphatic heterocycles. The lowest BCUT2D eigenvalue weighted by Crippen LogP contribution is -2.60. The summed E-state index contributed by atoms with van der Waals surface area (Å²) < 4.78 is 0. The number of primary amides is 1. The molecule has 0 aliphatic rings. The zero-order chi connectivity index (χ0) is 76.0. The molecule has 0 saturated heterocycles. The van der Waals surface area contributed by atoms with Gasteiger partial charge in [0.25, 0.3) is 0 Å². The van der Waals surface area contributed by atoms with E-state index in [9.17, 15) is 67.7 Å². The van der Waals surface area contributed by atoms with Gasteiger partial charge in [-0.05, 0) is 129 Å². The smallest absolute Gasteiger partial charge is 0.243 e. The van der Waals surface area contributed by atoms with Crippen molar-refractivity contribution in [1.82, 2.24) is 58.5 Å². The molecule has 35 heteroatoms. The first-order valence-electron chi connectivity index (χ1n) is 33.1. The van der Waals surface area contributed by atoms with Crippen molar-refractivity contribution >= 4 is 106 Å². The number of benzene rings is 4. The number of thioether (sulfide) groups is 2. The van der Waals surface area contributed by atoms with E-state index in [4.69, 9.17) is 34.4 Å². The third-order valence-electron chi connectivity index (χ3n) is 15.6. The molecule has 33 nitrogen and oxygen atoms in total. The lowest BCUT2D eigenvalue weighted by Gasteiger charge is -2.27. The van der Waals surface area contributed by atoms with Crippen LogP contribution in [0.15, 0.2) is 119 Å². The van der Waals surface area contributed by atoms with E-state index in [1.165, 1.54) is 73.8 Å². The summed E-state index contributed by atoms with van der Waals surface area (Å²) in [5.41, 5.74) is 36.4. The highest BCUT2D eigenvalue weighted by Gasteiger charge is 2.35. The van der Waals surface area contributed by atoms with Gasteiger partial charge in [0.1, 0.15) is 65.9 Å². The minimum atomic E-state index is -1.51. The molecule has 4 rings (SSSR count). The molecule has 0 unspecified atom stereocenters. The monoisotopic (exact) mass is 1470 g/mol. The Morgan fingerprint density at radius 2 is 0.689 bits per heavy atom. The topological polar surface area (TPSA) is 558 Å². The molecule has 0 bridgehead atoms. The van der Waals surface area contributed by atoms with Gasteiger partial charge in [0, 0.05) is 32.4 Å². The van der Waals surface area contributed by atoms with Crippen molar-refractivity contribution < 1.29 is 67.7 Å². The fourth-order valence-corrected chi connectivity index (χ4v) is 10.9. The van der Waals surface area contributed by atoms with Crippen LogP contribution in [0.5, 0.6) is 11.5 Å². The van der Waals surface area contributed by atoms with Crippen LogP contribution in [0.4, 0.5) is 0 Å². The van der Waals surface area contributed by atoms with E-state index in [2.05, 4.69) is 68.5 Å². The highest BCUT2D eigenvalue weighted by atomic mass is 32.2. The van der Waals surface area contributed by atoms with E-state index >= 15 is 0 Å². The predicted octanol–water partition coefficient (Wildman–Crippen LogP) is -3.57. The second-order valence-electron chi connectivity index (χ2n) is 24.0. The first-order chi connectivity index (χ1) is 49.0. The second-order valence-corrected chi connectivity index (χ2v) is 26.0. The van der Waals surface area contributed by atoms with Crippen molar-refractivity contribution in [2.24, 2.45) is 44.4 Å². The standard InChI is InChI=1S/C68H97N19O14S2/c1-39(79-60(95)47(69)33-43-19-23-45(88)24-20-43)58(93)77-37-56(91)82-53(35-42-15-9-6-10-16-42)66(101)86-51(28-32-103-4)63(98)85-49(17-11-29-75-67(71)72)61(96)84-50(18-12-30-76-68(73)74)62(97)87-54(36-44-21-25-46(89)26-22-44)64(99)80-40(2)59(94)78-38-55(90)81-52(34-41-13-7-5-8-14-41)65(100)83-48(57(70)92)27-31-102-3/h5-10,13-16,19-26,39-40,47-54,88-89H,11-12,17-18,27-38,69H2,1-4H3,(H2,70,92)(H,77,93)(H,78,94)(H,79,95)(H,80,99)(H,81,90)(H,82,91)(H,83,100)(H,84,96)(H,85,98)(H,86,101)(H,87,97)(H4,71,72,75)(H4,73,74,76)/t39-,40-,47+,48+,49+,50+,51+,52+,53+,54+/m1/s1. The van der Waals surface area contributed by atoms with Crippen LogP contribution in [0.3, 0.4) is 0 Å². The van der Waals surface area contributed by atoms with Gasteiger partial charge in [0.15, 0.2) is 11.9 Å². The van der Waals surface area contributed by atoms with Crippen molar-refractivity contribution in [3.05, 3.63) is 131 Å². The van der Waals surface area contributed by atoms with E-state index < -0.39 is 144 Å². The van der Waals surface area contributed by atoms with Crippen LogP contribution >= 0.6 is 23.5 Å². The molecule has 0 fully saturated rings. The first kappa shape index (κ1) is 84.7. The maximum absolute atomic E-state index is 14.7. The number of phenols is 2. The normalized spacial score (nSPS) is 13.8. The van der Waals surface area contributed by atoms with E-state index in [0.29, 0.717) is 33.8 Å². The molecule has 103 heavy (non-hydrogen) atoms. The van der Waals surface area contributed by atoms with E-state index in [1.54, 1.807) is 79.1 Å². The Morgan fingerprint density at radius 3 is 1.07 bits per heavy atom. The van der Waals surface area contributed by atoms with Crippen molar-refractivity contribution in [3.63, 3.8) is 0 Å². The Balaban J connectivity index is 1.55. The highest BCUT2D eigenvalue weighted by Crippen LogP contribution is 2.16. The Morgan fingerprint density at radius 1 is 0.379 bits per heavy atom. The van der Waals surface area contributed by atoms with Crippen LogP contribution < -0.4 is 92.9 Å². The summed E-state index contributed by atoms with van der Waals surface area (Å²) in [5.74, 6) is -9.62. The summed E-state index contributed by atoms with van der Waals surface area (Å²) >= 11 is 2.78. The van der Waals surface area contributed by atoms with Crippen molar-refractivity contribution in [2.45, 2.75) is 138 Å². The van der Waals surface area contributed by atoms with Crippen LogP contribution in [0.25, 0.3) is 0 Å². The number of aliphatic imine (C=N–C) groups is 2. The molecule has 4 aromatic carbocycles. The number of rotatable bonds is 45. The molecular formula is C68H97N19O14S2. The third kappa shape index (κ3) is 32.7. The lowest BCUT2D eigenvalue weighted by atomic mass is 10.0. The zero-order valence-corrected chi connectivity index (χ0v) is 59.6. The number of hydrogen-bond acceptors (Lipinski definition) is 19. The van der Waals surface area contributed by atoms with Crippen molar-refractivity contribution in [2.75, 3.05) is 50.2 Å². The second kappa shape index (κ2) is 45.2. The van der Waals surface area contributed by atoms with Gasteiger partial charge < -0.3 is 103 Å². The number of guanidine groups is 2. The molecule has 4 aromatic rings. The fourth-order valence-electron chi connectivity index (χ4n) is 10.0. The molecule has 0 heterocycles. The molecule has 0 aromatic heterocycles. The summed E-state index contributed by atoms with van der Waals surface area (Å²) in [4.78, 5) is 173. The fraction of sp³-hybridized carbons (Fsp3) is 0.441. The quantitative estimate of drug-likeness (QED) is 0.0116. The first-order valence-corrected chi connectivity index (χ1v) is 35.9. The highest BCUT2D eigenvalue weighted by molar-refractivity contribution is 7.98. The van der Waals surface area contributed by atoms with Gasteiger partial charge in [-0.15, -0.1) is 0 Å². The molecule has 12 amide bonds. The van der Waals surface area contributed by atoms with Gasteiger partial charge in [-0.3, -0.25) is 67.5 Å². The molecule has 0 saturated carbocycles. The van der Waals surface area contributed by atoms with Crippen LogP contribution in [0, 0.1) is 0 Å². The van der Waals surface area contributed by atoms with Gasteiger partial charge in [-0.25, -0.2) is 0 Å². The average Bonchev–Trinajstić information content (AvgIpc) is 0.860. The molecule has 0 aliphatic carbocycles. The number of carbonyl (C=O) groups excluding carboxylic acids is 12. The Labute approximate surface area is 605 Å². The zero-order valence-electron chi connectivity index (χ0n) is 57.9. The lowest BCUT2D eigenvalue weighted by molar-refractivity contribution is -0.135. The Kier molecular flexibility index (Phi) is 37.2. The summed E-state index contributed by atoms with van der Waals surface area (Å²) in [5, 5.41) is 48.2. The molecule has 0 spiro atoms. The minimum Gasteiger partial charge on any atom is -0.508 e. The Hall–Kier alpha value is -10.7. The van der Waals surface area contributed by atoms with E-state index in [1.807, 2.05) is 6.26 Å². The van der Waals surface area contributed by atoms with Gasteiger partial charge in [-0.2, -0.15) is 23.5 Å². The Bertz CT molecular complexity index is 3520. The molecule has 560 valence electrons. The minimum absolute atomic E-state index is 0.00309. The van der Waals surface area contributed by atoms with Gasteiger partial charge in [0.2, 0.25) is 70.9 Å². The molecular weight excluding hydrogens is 1370 g/mol. The van der Waals surface area contributed by atoms with E-state index in [0.717, 1.165) is 0 Å². The van der Waals surface area contributed by atoms with Crippen molar-refractivity contribution in [1.29, 1.82) is 0 Å². The molecule has 0 radical (unpaired) electrons. The number of carbonyl (C=O) groups is 12. The predicted molar refractivity (Wildman–Crippen MR) is 392 cm³/mol. The van der Waals surface area contributed by atoms with Gasteiger partial charge in [0.05, 0.1) is 19.1 Å². The summed E-state index contributed by atoms with van der Waals surface area (Å²) in [6.45, 7) is 1.32. The number of hydrogen-bond donors (Lipinski definition) is 19. The number of amides is 12. The third-order valence-corrected chi connectivity index (χ3v) is 16.9. The largest absolute Gasteiger partial charge is 0.508 e. The number of aromatic hydroxyl groups is 2. The number of nitrogens with two attached hydrogens (primary N) is 6. The summed E-state index contributed by atoms with van der Waals surface area (Å²) in [6.07, 6.45) is 3.39.